The lowest BCUT2D eigenvalue weighted by atomic mass is 10.1. The Labute approximate surface area is 198 Å². The summed E-state index contributed by atoms with van der Waals surface area (Å²) in [6, 6.07) is 19.2. The quantitative estimate of drug-likeness (QED) is 0.371. The van der Waals surface area contributed by atoms with Crippen LogP contribution >= 0.6 is 0 Å². The number of nitrogens with zero attached hydrogens (tertiary/aromatic N) is 4. The molecule has 4 rings (SSSR count). The number of allylic oxidation sites excluding steroid dienone is 1. The fourth-order valence-electron chi connectivity index (χ4n) is 3.64. The van der Waals surface area contributed by atoms with E-state index in [1.165, 1.54) is 24.3 Å². The summed E-state index contributed by atoms with van der Waals surface area (Å²) in [4.78, 5) is 21.5. The van der Waals surface area contributed by atoms with Gasteiger partial charge in [-0.1, -0.05) is 30.4 Å². The molecule has 0 aliphatic rings. The monoisotopic (exact) mass is 455 g/mol. The maximum absolute atomic E-state index is 13.1. The molecular formula is C27H26FN5O. The molecule has 7 heteroatoms. The van der Waals surface area contributed by atoms with Crippen LogP contribution in [0.2, 0.25) is 0 Å². The molecule has 1 heterocycles. The first-order valence-electron chi connectivity index (χ1n) is 10.9. The lowest BCUT2D eigenvalue weighted by Crippen LogP contribution is -2.37. The van der Waals surface area contributed by atoms with Crippen LogP contribution in [0.15, 0.2) is 79.1 Å². The van der Waals surface area contributed by atoms with Gasteiger partial charge in [-0.3, -0.25) is 9.80 Å². The van der Waals surface area contributed by atoms with Crippen molar-refractivity contribution in [2.45, 2.75) is 13.5 Å². The number of benzene rings is 3. The molecule has 172 valence electrons. The molecule has 34 heavy (non-hydrogen) atoms. The number of anilines is 2. The number of aromatic nitrogens is 2. The molecule has 0 saturated heterocycles. The minimum absolute atomic E-state index is 0.249. The van der Waals surface area contributed by atoms with E-state index in [1.807, 2.05) is 62.4 Å². The Hall–Kier alpha value is -4.10. The number of hydrogen-bond acceptors (Lipinski definition) is 5. The smallest absolute Gasteiger partial charge is 0.255 e. The van der Waals surface area contributed by atoms with Crippen molar-refractivity contribution in [1.82, 2.24) is 15.0 Å². The van der Waals surface area contributed by atoms with E-state index in [4.69, 9.17) is 0 Å². The van der Waals surface area contributed by atoms with Gasteiger partial charge in [0.2, 0.25) is 0 Å². The van der Waals surface area contributed by atoms with Crippen molar-refractivity contribution in [3.05, 3.63) is 102 Å². The van der Waals surface area contributed by atoms with E-state index < -0.39 is 0 Å². The fraction of sp³-hybridized carbons (Fsp3) is 0.148. The minimum Gasteiger partial charge on any atom is -0.322 e. The highest BCUT2D eigenvalue weighted by Crippen LogP contribution is 2.26. The van der Waals surface area contributed by atoms with E-state index in [2.05, 4.69) is 26.4 Å². The Bertz CT molecular complexity index is 1320. The van der Waals surface area contributed by atoms with Crippen molar-refractivity contribution in [3.63, 3.8) is 0 Å². The van der Waals surface area contributed by atoms with Crippen LogP contribution in [0.4, 0.5) is 15.9 Å². The molecule has 0 spiro atoms. The lowest BCUT2D eigenvalue weighted by Gasteiger charge is -2.31. The molecule has 0 bridgehead atoms. The molecule has 0 fully saturated rings. The van der Waals surface area contributed by atoms with Crippen LogP contribution in [0.25, 0.3) is 17.0 Å². The number of hydrogen-bond donors (Lipinski definition) is 1. The van der Waals surface area contributed by atoms with Crippen LogP contribution in [-0.4, -0.2) is 35.0 Å². The van der Waals surface area contributed by atoms with Gasteiger partial charge in [-0.2, -0.15) is 0 Å². The van der Waals surface area contributed by atoms with E-state index in [-0.39, 0.29) is 11.7 Å². The lowest BCUT2D eigenvalue weighted by molar-refractivity contribution is 0.102. The highest BCUT2D eigenvalue weighted by molar-refractivity contribution is 6.04. The number of halogens is 1. The summed E-state index contributed by atoms with van der Waals surface area (Å²) in [6.45, 7) is 2.55. The topological polar surface area (TPSA) is 61.4 Å². The van der Waals surface area contributed by atoms with Crippen LogP contribution in [0.5, 0.6) is 0 Å². The van der Waals surface area contributed by atoms with Gasteiger partial charge in [0.1, 0.15) is 12.1 Å². The third kappa shape index (κ3) is 5.27. The average molecular weight is 456 g/mol. The van der Waals surface area contributed by atoms with Gasteiger partial charge in [-0.15, -0.1) is 0 Å². The van der Waals surface area contributed by atoms with Crippen molar-refractivity contribution in [2.75, 3.05) is 24.4 Å². The second-order valence-electron chi connectivity index (χ2n) is 8.04. The molecule has 1 N–H and O–H groups in total. The van der Waals surface area contributed by atoms with E-state index in [1.54, 1.807) is 18.5 Å². The Morgan fingerprint density at radius 2 is 1.74 bits per heavy atom. The molecule has 1 aromatic heterocycles. The summed E-state index contributed by atoms with van der Waals surface area (Å²) >= 11 is 0. The highest BCUT2D eigenvalue weighted by Gasteiger charge is 2.16. The first-order valence-corrected chi connectivity index (χ1v) is 10.9. The predicted molar refractivity (Wildman–Crippen MR) is 135 cm³/mol. The SMILES string of the molecule is CC=Cc1ccc2ncnc(N(Cc3ccc(C(=O)Nc4ccc(F)cc4)cc3)N(C)C)c2c1. The van der Waals surface area contributed by atoms with Crippen LogP contribution in [0, 0.1) is 5.82 Å². The standard InChI is InChI=1S/C27H26FN5O/c1-4-5-19-8-15-25-24(16-19)26(30-18-29-25)33(32(2)3)17-20-6-9-21(10-7-20)27(34)31-23-13-11-22(28)12-14-23/h4-16,18H,17H2,1-3H3,(H,31,34). The van der Waals surface area contributed by atoms with E-state index in [9.17, 15) is 9.18 Å². The van der Waals surface area contributed by atoms with Crippen LogP contribution in [0.1, 0.15) is 28.4 Å². The average Bonchev–Trinajstić information content (AvgIpc) is 2.84. The molecule has 0 atom stereocenters. The molecule has 1 amide bonds. The van der Waals surface area contributed by atoms with Crippen molar-refractivity contribution < 1.29 is 9.18 Å². The van der Waals surface area contributed by atoms with Crippen LogP contribution in [-0.2, 0) is 6.54 Å². The Balaban J connectivity index is 1.56. The van der Waals surface area contributed by atoms with Gasteiger partial charge < -0.3 is 5.32 Å². The predicted octanol–water partition coefficient (Wildman–Crippen LogP) is 5.54. The zero-order valence-corrected chi connectivity index (χ0v) is 19.4. The van der Waals surface area contributed by atoms with Crippen LogP contribution in [0.3, 0.4) is 0 Å². The minimum atomic E-state index is -0.345. The molecular weight excluding hydrogens is 429 g/mol. The van der Waals surface area contributed by atoms with E-state index >= 15 is 0 Å². The number of nitrogens with one attached hydrogen (secondary N) is 1. The Kier molecular flexibility index (Phi) is 6.94. The molecule has 0 radical (unpaired) electrons. The van der Waals surface area contributed by atoms with E-state index in [0.717, 1.165) is 27.8 Å². The summed E-state index contributed by atoms with van der Waals surface area (Å²) in [5.41, 5.74) is 4.04. The zero-order chi connectivity index (χ0) is 24.1. The third-order valence-electron chi connectivity index (χ3n) is 5.38. The van der Waals surface area contributed by atoms with E-state index in [0.29, 0.717) is 17.8 Å². The van der Waals surface area contributed by atoms with Gasteiger partial charge in [0.05, 0.1) is 12.1 Å². The number of carbonyl (C=O) groups is 1. The van der Waals surface area contributed by atoms with Crippen molar-refractivity contribution in [2.24, 2.45) is 0 Å². The maximum atomic E-state index is 13.1. The second kappa shape index (κ2) is 10.2. The van der Waals surface area contributed by atoms with Crippen LogP contribution < -0.4 is 10.3 Å². The van der Waals surface area contributed by atoms with Gasteiger partial charge >= 0.3 is 0 Å². The molecule has 0 unspecified atom stereocenters. The van der Waals surface area contributed by atoms with Gasteiger partial charge in [-0.05, 0) is 66.6 Å². The number of fused-ring (bicyclic) bond motifs is 1. The zero-order valence-electron chi connectivity index (χ0n) is 19.4. The molecule has 0 aliphatic carbocycles. The fourth-order valence-corrected chi connectivity index (χ4v) is 3.64. The summed E-state index contributed by atoms with van der Waals surface area (Å²) < 4.78 is 13.1. The van der Waals surface area contributed by atoms with Gasteiger partial charge in [0, 0.05) is 30.7 Å². The number of rotatable bonds is 7. The molecule has 4 aromatic rings. The van der Waals surface area contributed by atoms with Crippen molar-refractivity contribution in [1.29, 1.82) is 0 Å². The number of carbonyl (C=O) groups excluding carboxylic acids is 1. The first kappa shape index (κ1) is 23.1. The van der Waals surface area contributed by atoms with Crippen molar-refractivity contribution >= 4 is 34.4 Å². The Morgan fingerprint density at radius 1 is 1.00 bits per heavy atom. The highest BCUT2D eigenvalue weighted by atomic mass is 19.1. The first-order chi connectivity index (χ1) is 16.4. The van der Waals surface area contributed by atoms with Gasteiger partial charge in [0.25, 0.3) is 5.91 Å². The van der Waals surface area contributed by atoms with Crippen molar-refractivity contribution in [3.8, 4) is 0 Å². The summed E-state index contributed by atoms with van der Waals surface area (Å²) in [5, 5.41) is 7.79. The summed E-state index contributed by atoms with van der Waals surface area (Å²) in [7, 11) is 3.93. The van der Waals surface area contributed by atoms with Gasteiger partial charge in [-0.25, -0.2) is 19.4 Å². The second-order valence-corrected chi connectivity index (χ2v) is 8.04. The number of amides is 1. The largest absolute Gasteiger partial charge is 0.322 e. The summed E-state index contributed by atoms with van der Waals surface area (Å²) in [6.07, 6.45) is 5.63. The number of hydrazine groups is 1. The maximum Gasteiger partial charge on any atom is 0.255 e. The summed E-state index contributed by atoms with van der Waals surface area (Å²) in [5.74, 6) is 0.211. The molecule has 3 aromatic carbocycles. The molecule has 0 aliphatic heterocycles. The van der Waals surface area contributed by atoms with Gasteiger partial charge in [0.15, 0.2) is 5.82 Å². The Morgan fingerprint density at radius 3 is 2.41 bits per heavy atom. The third-order valence-corrected chi connectivity index (χ3v) is 5.38. The normalized spacial score (nSPS) is 11.3. The molecule has 0 saturated carbocycles. The molecule has 6 nitrogen and oxygen atoms in total.